The van der Waals surface area contributed by atoms with Crippen LogP contribution >= 0.6 is 0 Å². The molecule has 1 N–H and O–H groups in total. The van der Waals surface area contributed by atoms with Crippen LogP contribution in [0.2, 0.25) is 0 Å². The number of carbonyl (C=O) groups is 3. The van der Waals surface area contributed by atoms with E-state index < -0.39 is 36.4 Å². The number of rotatable bonds is 23. The second kappa shape index (κ2) is 21.3. The van der Waals surface area contributed by atoms with E-state index in [9.17, 15) is 19.5 Å². The third-order valence-electron chi connectivity index (χ3n) is 7.75. The lowest BCUT2D eigenvalue weighted by atomic mass is 9.95. The lowest BCUT2D eigenvalue weighted by molar-refractivity contribution is -0.178. The number of aliphatic hydroxyl groups is 1. The minimum atomic E-state index is -2.30. The zero-order valence-corrected chi connectivity index (χ0v) is 24.6. The standard InChI is InChI=1S/C30H56O7/c1-7-24(8-2)16-13-19-35-27(31)22-30(34,29(33)37-21-15-18-26(11-5)12-6)23-28(32)36-20-14-17-25(9-3)10-4/h24-26,34H,7-23H2,1-6H3. The van der Waals surface area contributed by atoms with Crippen molar-refractivity contribution in [1.82, 2.24) is 0 Å². The fourth-order valence-corrected chi connectivity index (χ4v) is 4.66. The van der Waals surface area contributed by atoms with Gasteiger partial charge in [-0.05, 0) is 56.3 Å². The van der Waals surface area contributed by atoms with E-state index in [1.54, 1.807) is 0 Å². The number of carbonyl (C=O) groups excluding carboxylic acids is 3. The molecule has 0 heterocycles. The topological polar surface area (TPSA) is 99.1 Å². The molecule has 0 aliphatic carbocycles. The summed E-state index contributed by atoms with van der Waals surface area (Å²) in [6.07, 6.45) is 10.1. The lowest BCUT2D eigenvalue weighted by Gasteiger charge is -2.24. The van der Waals surface area contributed by atoms with Crippen molar-refractivity contribution in [1.29, 1.82) is 0 Å². The van der Waals surface area contributed by atoms with Gasteiger partial charge in [-0.25, -0.2) is 4.79 Å². The largest absolute Gasteiger partial charge is 0.466 e. The first kappa shape index (κ1) is 35.4. The highest BCUT2D eigenvalue weighted by molar-refractivity contribution is 5.90. The molecular formula is C30H56O7. The molecule has 218 valence electrons. The predicted octanol–water partition coefficient (Wildman–Crippen LogP) is 6.78. The summed E-state index contributed by atoms with van der Waals surface area (Å²) >= 11 is 0. The molecule has 0 bridgehead atoms. The molecule has 0 fully saturated rings. The molecule has 37 heavy (non-hydrogen) atoms. The molecule has 0 radical (unpaired) electrons. The Labute approximate surface area is 226 Å². The molecule has 0 aromatic carbocycles. The van der Waals surface area contributed by atoms with Gasteiger partial charge in [-0.1, -0.05) is 80.1 Å². The highest BCUT2D eigenvalue weighted by atomic mass is 16.6. The number of hydrogen-bond acceptors (Lipinski definition) is 7. The van der Waals surface area contributed by atoms with Crippen LogP contribution in [0.4, 0.5) is 0 Å². The SMILES string of the molecule is CCC(CC)CCCOC(=O)CC(O)(CC(=O)OCCCC(CC)CC)C(=O)OCCCC(CC)CC. The van der Waals surface area contributed by atoms with E-state index in [0.29, 0.717) is 24.2 Å². The summed E-state index contributed by atoms with van der Waals surface area (Å²) in [6, 6.07) is 0. The van der Waals surface area contributed by atoms with Crippen molar-refractivity contribution in [2.75, 3.05) is 19.8 Å². The molecule has 0 amide bonds. The third kappa shape index (κ3) is 16.0. The van der Waals surface area contributed by atoms with Crippen molar-refractivity contribution in [3.8, 4) is 0 Å². The summed E-state index contributed by atoms with van der Waals surface area (Å²) in [4.78, 5) is 37.8. The average molecular weight is 529 g/mol. The number of ether oxygens (including phenoxy) is 3. The molecule has 0 atom stereocenters. The first-order valence-electron chi connectivity index (χ1n) is 14.9. The Morgan fingerprint density at radius 1 is 0.568 bits per heavy atom. The fourth-order valence-electron chi connectivity index (χ4n) is 4.66. The van der Waals surface area contributed by atoms with Crippen LogP contribution in [0.3, 0.4) is 0 Å². The Hall–Kier alpha value is -1.63. The molecule has 0 aromatic rings. The van der Waals surface area contributed by atoms with Crippen LogP contribution in [-0.4, -0.2) is 48.4 Å². The van der Waals surface area contributed by atoms with Gasteiger partial charge in [0.1, 0.15) is 0 Å². The van der Waals surface area contributed by atoms with Crippen LogP contribution in [0.25, 0.3) is 0 Å². The predicted molar refractivity (Wildman–Crippen MR) is 147 cm³/mol. The highest BCUT2D eigenvalue weighted by Crippen LogP contribution is 2.22. The summed E-state index contributed by atoms with van der Waals surface area (Å²) in [5, 5.41) is 11.1. The monoisotopic (exact) mass is 528 g/mol. The van der Waals surface area contributed by atoms with Crippen molar-refractivity contribution < 1.29 is 33.7 Å². The molecular weight excluding hydrogens is 472 g/mol. The zero-order valence-electron chi connectivity index (χ0n) is 24.6. The van der Waals surface area contributed by atoms with Gasteiger partial charge in [-0.3, -0.25) is 9.59 Å². The van der Waals surface area contributed by atoms with Crippen molar-refractivity contribution >= 4 is 17.9 Å². The minimum Gasteiger partial charge on any atom is -0.466 e. The summed E-state index contributed by atoms with van der Waals surface area (Å²) < 4.78 is 15.9. The van der Waals surface area contributed by atoms with Gasteiger partial charge in [-0.15, -0.1) is 0 Å². The Kier molecular flexibility index (Phi) is 20.4. The van der Waals surface area contributed by atoms with Crippen molar-refractivity contribution in [3.05, 3.63) is 0 Å². The molecule has 0 aromatic heterocycles. The van der Waals surface area contributed by atoms with Crippen LogP contribution in [0.1, 0.15) is 131 Å². The molecule has 7 nitrogen and oxygen atoms in total. The molecule has 7 heteroatoms. The van der Waals surface area contributed by atoms with Gasteiger partial charge in [0.15, 0.2) is 5.60 Å². The molecule has 0 unspecified atom stereocenters. The smallest absolute Gasteiger partial charge is 0.339 e. The van der Waals surface area contributed by atoms with E-state index in [-0.39, 0.29) is 19.8 Å². The quantitative estimate of drug-likeness (QED) is 0.0886. The summed E-state index contributed by atoms with van der Waals surface area (Å²) in [5.41, 5.74) is -2.30. The number of esters is 3. The van der Waals surface area contributed by atoms with Crippen molar-refractivity contribution in [2.45, 2.75) is 137 Å². The first-order valence-corrected chi connectivity index (χ1v) is 14.9. The van der Waals surface area contributed by atoms with E-state index in [2.05, 4.69) is 41.5 Å². The molecule has 0 aliphatic rings. The maximum Gasteiger partial charge on any atom is 0.339 e. The third-order valence-corrected chi connectivity index (χ3v) is 7.75. The van der Waals surface area contributed by atoms with Gasteiger partial charge in [0.05, 0.1) is 32.7 Å². The second-order valence-corrected chi connectivity index (χ2v) is 10.4. The molecule has 0 saturated carbocycles. The van der Waals surface area contributed by atoms with Crippen LogP contribution in [-0.2, 0) is 28.6 Å². The normalized spacial score (nSPS) is 11.8. The van der Waals surface area contributed by atoms with Crippen molar-refractivity contribution in [3.63, 3.8) is 0 Å². The first-order chi connectivity index (χ1) is 17.7. The van der Waals surface area contributed by atoms with Gasteiger partial charge >= 0.3 is 17.9 Å². The fraction of sp³-hybridized carbons (Fsp3) is 0.900. The van der Waals surface area contributed by atoms with Crippen LogP contribution in [0.5, 0.6) is 0 Å². The minimum absolute atomic E-state index is 0.132. The Balaban J connectivity index is 4.95. The van der Waals surface area contributed by atoms with E-state index >= 15 is 0 Å². The summed E-state index contributed by atoms with van der Waals surface area (Å²) in [5.74, 6) is -0.677. The lowest BCUT2D eigenvalue weighted by Crippen LogP contribution is -2.45. The molecule has 0 rings (SSSR count). The Morgan fingerprint density at radius 2 is 0.865 bits per heavy atom. The molecule has 0 saturated heterocycles. The molecule has 0 aliphatic heterocycles. The van der Waals surface area contributed by atoms with Gasteiger partial charge < -0.3 is 19.3 Å². The van der Waals surface area contributed by atoms with Crippen molar-refractivity contribution in [2.24, 2.45) is 17.8 Å². The van der Waals surface area contributed by atoms with E-state index in [4.69, 9.17) is 14.2 Å². The van der Waals surface area contributed by atoms with Gasteiger partial charge in [0.25, 0.3) is 0 Å². The molecule has 0 spiro atoms. The summed E-state index contributed by atoms with van der Waals surface area (Å²) in [6.45, 7) is 13.4. The van der Waals surface area contributed by atoms with Gasteiger partial charge in [0.2, 0.25) is 0 Å². The van der Waals surface area contributed by atoms with Crippen LogP contribution in [0.15, 0.2) is 0 Å². The van der Waals surface area contributed by atoms with Gasteiger partial charge in [-0.2, -0.15) is 0 Å². The maximum atomic E-state index is 12.8. The maximum absolute atomic E-state index is 12.8. The number of hydrogen-bond donors (Lipinski definition) is 1. The Bertz CT molecular complexity index is 573. The summed E-state index contributed by atoms with van der Waals surface area (Å²) in [7, 11) is 0. The average Bonchev–Trinajstić information content (AvgIpc) is 2.88. The zero-order chi connectivity index (χ0) is 28.1. The van der Waals surface area contributed by atoms with Crippen LogP contribution < -0.4 is 0 Å². The van der Waals surface area contributed by atoms with E-state index in [0.717, 1.165) is 70.6 Å². The van der Waals surface area contributed by atoms with Gasteiger partial charge in [0, 0.05) is 0 Å². The van der Waals surface area contributed by atoms with Crippen LogP contribution in [0, 0.1) is 17.8 Å². The highest BCUT2D eigenvalue weighted by Gasteiger charge is 2.43. The van der Waals surface area contributed by atoms with E-state index in [1.165, 1.54) is 0 Å². The second-order valence-electron chi connectivity index (χ2n) is 10.4. The Morgan fingerprint density at radius 3 is 1.16 bits per heavy atom. The van der Waals surface area contributed by atoms with E-state index in [1.807, 2.05) is 0 Å².